The number of hydrogen-bond acceptors (Lipinski definition) is 7. The third-order valence-corrected chi connectivity index (χ3v) is 3.03. The van der Waals surface area contributed by atoms with E-state index < -0.39 is 17.9 Å². The first-order valence-corrected chi connectivity index (χ1v) is 7.02. The summed E-state index contributed by atoms with van der Waals surface area (Å²) in [7, 11) is 1.51. The maximum atomic E-state index is 11.9. The smallest absolute Gasteiger partial charge is 0.330 e. The molecule has 1 atom stereocenters. The van der Waals surface area contributed by atoms with Crippen molar-refractivity contribution in [3.63, 3.8) is 0 Å². The van der Waals surface area contributed by atoms with Gasteiger partial charge in [-0.25, -0.2) is 4.79 Å². The second-order valence-electron chi connectivity index (χ2n) is 4.84. The molecule has 1 amide bonds. The predicted molar refractivity (Wildman–Crippen MR) is 80.2 cm³/mol. The molecule has 1 heterocycles. The molecule has 1 aromatic heterocycles. The first kappa shape index (κ1) is 17.4. The van der Waals surface area contributed by atoms with Gasteiger partial charge in [0.2, 0.25) is 5.91 Å². The van der Waals surface area contributed by atoms with Crippen molar-refractivity contribution in [1.82, 2.24) is 15.5 Å². The van der Waals surface area contributed by atoms with Crippen molar-refractivity contribution < 1.29 is 28.7 Å². The Morgan fingerprint density at radius 2 is 2.04 bits per heavy atom. The number of carbonyl (C=O) groups is 2. The van der Waals surface area contributed by atoms with Crippen LogP contribution in [-0.4, -0.2) is 40.8 Å². The van der Waals surface area contributed by atoms with Crippen LogP contribution in [0.15, 0.2) is 28.8 Å². The zero-order chi connectivity index (χ0) is 17.5. The van der Waals surface area contributed by atoms with Gasteiger partial charge in [0.25, 0.3) is 5.89 Å². The van der Waals surface area contributed by atoms with Crippen LogP contribution in [0.5, 0.6) is 5.75 Å². The lowest BCUT2D eigenvalue weighted by atomic mass is 10.1. The molecule has 0 saturated carbocycles. The summed E-state index contributed by atoms with van der Waals surface area (Å²) in [6, 6.07) is 5.19. The summed E-state index contributed by atoms with van der Waals surface area (Å²) in [5, 5.41) is 15.3. The maximum Gasteiger partial charge on any atom is 0.330 e. The lowest BCUT2D eigenvalue weighted by molar-refractivity contribution is -0.142. The normalized spacial score (nSPS) is 11.8. The first-order valence-electron chi connectivity index (χ1n) is 7.02. The molecule has 2 N–H and O–H groups in total. The highest BCUT2D eigenvalue weighted by atomic mass is 16.5. The second kappa shape index (κ2) is 8.06. The van der Waals surface area contributed by atoms with Crippen LogP contribution in [-0.2, 0) is 20.9 Å². The van der Waals surface area contributed by atoms with Gasteiger partial charge in [0.1, 0.15) is 19.0 Å². The van der Waals surface area contributed by atoms with Gasteiger partial charge < -0.3 is 24.4 Å². The molecule has 0 radical (unpaired) electrons. The molecule has 0 bridgehead atoms. The van der Waals surface area contributed by atoms with Crippen LogP contribution in [0, 0.1) is 6.92 Å². The summed E-state index contributed by atoms with van der Waals surface area (Å²) in [6.45, 7) is 1.29. The van der Waals surface area contributed by atoms with E-state index in [1.54, 1.807) is 31.2 Å². The number of aliphatic carboxylic acids is 1. The van der Waals surface area contributed by atoms with Gasteiger partial charge in [-0.05, 0) is 24.6 Å². The van der Waals surface area contributed by atoms with Gasteiger partial charge >= 0.3 is 5.97 Å². The van der Waals surface area contributed by atoms with E-state index in [4.69, 9.17) is 14.0 Å². The number of aryl methyl sites for hydroxylation is 1. The van der Waals surface area contributed by atoms with Crippen LogP contribution in [0.3, 0.4) is 0 Å². The molecule has 0 aliphatic carbocycles. The van der Waals surface area contributed by atoms with Crippen molar-refractivity contribution in [3.8, 4) is 5.75 Å². The van der Waals surface area contributed by atoms with Crippen LogP contribution in [0.25, 0.3) is 0 Å². The predicted octanol–water partition coefficient (Wildman–Crippen LogP) is 0.845. The van der Waals surface area contributed by atoms with Crippen LogP contribution in [0.4, 0.5) is 0 Å². The molecule has 0 aliphatic heterocycles. The SMILES string of the molecule is COc1ccc(C(NC(=O)COCc2nc(C)no2)C(=O)O)cc1. The highest BCUT2D eigenvalue weighted by molar-refractivity contribution is 5.85. The molecule has 0 fully saturated rings. The van der Waals surface area contributed by atoms with Crippen molar-refractivity contribution in [2.75, 3.05) is 13.7 Å². The van der Waals surface area contributed by atoms with Gasteiger partial charge in [-0.2, -0.15) is 4.98 Å². The zero-order valence-electron chi connectivity index (χ0n) is 13.2. The van der Waals surface area contributed by atoms with E-state index in [0.717, 1.165) is 0 Å². The van der Waals surface area contributed by atoms with Crippen molar-refractivity contribution in [2.24, 2.45) is 0 Å². The summed E-state index contributed by atoms with van der Waals surface area (Å²) in [4.78, 5) is 27.1. The van der Waals surface area contributed by atoms with Crippen molar-refractivity contribution >= 4 is 11.9 Å². The van der Waals surface area contributed by atoms with Gasteiger partial charge in [-0.15, -0.1) is 0 Å². The highest BCUT2D eigenvalue weighted by Crippen LogP contribution is 2.18. The summed E-state index contributed by atoms with van der Waals surface area (Å²) < 4.78 is 15.0. The standard InChI is InChI=1S/C15H17N3O6/c1-9-16-13(24-18-9)8-23-7-12(19)17-14(15(20)21)10-3-5-11(22-2)6-4-10/h3-6,14H,7-8H2,1-2H3,(H,17,19)(H,20,21). The molecule has 24 heavy (non-hydrogen) atoms. The fourth-order valence-corrected chi connectivity index (χ4v) is 1.92. The number of amides is 1. The van der Waals surface area contributed by atoms with Gasteiger partial charge in [-0.1, -0.05) is 17.3 Å². The number of ether oxygens (including phenoxy) is 2. The minimum Gasteiger partial charge on any atom is -0.497 e. The number of hydrogen-bond donors (Lipinski definition) is 2. The van der Waals surface area contributed by atoms with Crippen molar-refractivity contribution in [3.05, 3.63) is 41.5 Å². The Morgan fingerprint density at radius 1 is 1.33 bits per heavy atom. The molecular formula is C15H17N3O6. The monoisotopic (exact) mass is 335 g/mol. The Hall–Kier alpha value is -2.94. The number of carbonyl (C=O) groups excluding carboxylic acids is 1. The summed E-state index contributed by atoms with van der Waals surface area (Å²) in [5.41, 5.74) is 0.421. The molecule has 2 aromatic rings. The molecule has 9 nitrogen and oxygen atoms in total. The average molecular weight is 335 g/mol. The fourth-order valence-electron chi connectivity index (χ4n) is 1.92. The van der Waals surface area contributed by atoms with E-state index >= 15 is 0 Å². The second-order valence-corrected chi connectivity index (χ2v) is 4.84. The molecule has 9 heteroatoms. The van der Waals surface area contributed by atoms with E-state index in [2.05, 4.69) is 15.5 Å². The van der Waals surface area contributed by atoms with E-state index in [1.807, 2.05) is 0 Å². The molecule has 0 spiro atoms. The number of nitrogens with one attached hydrogen (secondary N) is 1. The minimum absolute atomic E-state index is 0.0332. The molecule has 0 aliphatic rings. The third-order valence-electron chi connectivity index (χ3n) is 3.03. The molecule has 128 valence electrons. The Kier molecular flexibility index (Phi) is 5.85. The van der Waals surface area contributed by atoms with E-state index in [0.29, 0.717) is 17.1 Å². The Labute approximate surface area is 137 Å². The van der Waals surface area contributed by atoms with Gasteiger partial charge in [0.05, 0.1) is 7.11 Å². The number of rotatable bonds is 8. The minimum atomic E-state index is -1.18. The quantitative estimate of drug-likeness (QED) is 0.727. The molecule has 2 rings (SSSR count). The maximum absolute atomic E-state index is 11.9. The van der Waals surface area contributed by atoms with Crippen molar-refractivity contribution in [2.45, 2.75) is 19.6 Å². The number of carboxylic acids is 1. The van der Waals surface area contributed by atoms with Crippen LogP contribution >= 0.6 is 0 Å². The van der Waals surface area contributed by atoms with Gasteiger partial charge in [0, 0.05) is 0 Å². The van der Waals surface area contributed by atoms with Gasteiger partial charge in [-0.3, -0.25) is 4.79 Å². The largest absolute Gasteiger partial charge is 0.497 e. The number of nitrogens with zero attached hydrogens (tertiary/aromatic N) is 2. The Bertz CT molecular complexity index is 697. The van der Waals surface area contributed by atoms with Crippen molar-refractivity contribution in [1.29, 1.82) is 0 Å². The number of carboxylic acid groups (broad SMARTS) is 1. The number of aromatic nitrogens is 2. The third kappa shape index (κ3) is 4.78. The number of benzene rings is 1. The average Bonchev–Trinajstić information content (AvgIpc) is 2.98. The summed E-state index contributed by atoms with van der Waals surface area (Å²) in [6.07, 6.45) is 0. The lowest BCUT2D eigenvalue weighted by Gasteiger charge is -2.15. The van der Waals surface area contributed by atoms with E-state index in [9.17, 15) is 14.7 Å². The van der Waals surface area contributed by atoms with E-state index in [-0.39, 0.29) is 19.1 Å². The molecule has 1 aromatic carbocycles. The summed E-state index contributed by atoms with van der Waals surface area (Å²) in [5.74, 6) is -0.461. The lowest BCUT2D eigenvalue weighted by Crippen LogP contribution is -2.36. The summed E-state index contributed by atoms with van der Waals surface area (Å²) >= 11 is 0. The molecule has 1 unspecified atom stereocenters. The highest BCUT2D eigenvalue weighted by Gasteiger charge is 2.22. The Morgan fingerprint density at radius 3 is 2.58 bits per heavy atom. The Balaban J connectivity index is 1.89. The van der Waals surface area contributed by atoms with Crippen LogP contribution in [0.1, 0.15) is 23.3 Å². The van der Waals surface area contributed by atoms with Crippen LogP contribution < -0.4 is 10.1 Å². The zero-order valence-corrected chi connectivity index (χ0v) is 13.2. The van der Waals surface area contributed by atoms with E-state index in [1.165, 1.54) is 7.11 Å². The van der Waals surface area contributed by atoms with Gasteiger partial charge in [0.15, 0.2) is 11.9 Å². The fraction of sp³-hybridized carbons (Fsp3) is 0.333. The van der Waals surface area contributed by atoms with Crippen LogP contribution in [0.2, 0.25) is 0 Å². The topological polar surface area (TPSA) is 124 Å². The molecular weight excluding hydrogens is 318 g/mol. The number of methoxy groups -OCH3 is 1. The first-order chi connectivity index (χ1) is 11.5. The molecule has 0 saturated heterocycles.